The van der Waals surface area contributed by atoms with E-state index in [0.29, 0.717) is 12.8 Å². The predicted molar refractivity (Wildman–Crippen MR) is 90.8 cm³/mol. The Balaban J connectivity index is 1.49. The van der Waals surface area contributed by atoms with Crippen LogP contribution in [0.3, 0.4) is 0 Å². The molecule has 130 valence electrons. The van der Waals surface area contributed by atoms with Crippen molar-refractivity contribution < 1.29 is 14.7 Å². The monoisotopic (exact) mass is 331 g/mol. The molecule has 0 atom stereocenters. The zero-order valence-corrected chi connectivity index (χ0v) is 14.0. The Bertz CT molecular complexity index is 582. The molecular weight excluding hydrogens is 306 g/mol. The van der Waals surface area contributed by atoms with E-state index in [1.165, 1.54) is 5.69 Å². The van der Waals surface area contributed by atoms with Gasteiger partial charge in [0.25, 0.3) is 0 Å². The molecule has 0 bridgehead atoms. The highest BCUT2D eigenvalue weighted by atomic mass is 16.4. The van der Waals surface area contributed by atoms with Crippen LogP contribution in [0, 0.1) is 5.41 Å². The smallest absolute Gasteiger partial charge is 0.303 e. The zero-order chi connectivity index (χ0) is 17.0. The maximum Gasteiger partial charge on any atom is 0.303 e. The predicted octanol–water partition coefficient (Wildman–Crippen LogP) is 2.16. The Morgan fingerprint density at radius 3 is 2.42 bits per heavy atom. The number of hydrogen-bond donors (Lipinski definition) is 1. The largest absolute Gasteiger partial charge is 0.481 e. The van der Waals surface area contributed by atoms with Crippen LogP contribution in [0.1, 0.15) is 38.5 Å². The van der Waals surface area contributed by atoms with Crippen LogP contribution in [0.4, 0.5) is 5.69 Å². The average molecular weight is 331 g/mol. The number of aromatic nitrogens is 1. The minimum atomic E-state index is -0.829. The van der Waals surface area contributed by atoms with Gasteiger partial charge in [-0.2, -0.15) is 0 Å². The van der Waals surface area contributed by atoms with Crippen LogP contribution in [0.15, 0.2) is 24.5 Å². The van der Waals surface area contributed by atoms with Crippen LogP contribution < -0.4 is 4.90 Å². The van der Waals surface area contributed by atoms with Gasteiger partial charge in [-0.1, -0.05) is 0 Å². The summed E-state index contributed by atoms with van der Waals surface area (Å²) in [5.74, 6) is -0.714. The van der Waals surface area contributed by atoms with Crippen LogP contribution in [0.25, 0.3) is 0 Å². The number of rotatable bonds is 5. The maximum atomic E-state index is 12.3. The fraction of sp³-hybridized carbons (Fsp3) is 0.611. The molecule has 0 unspecified atom stereocenters. The lowest BCUT2D eigenvalue weighted by atomic mass is 9.77. The van der Waals surface area contributed by atoms with Gasteiger partial charge in [-0.05, 0) is 43.2 Å². The Labute approximate surface area is 142 Å². The van der Waals surface area contributed by atoms with Crippen molar-refractivity contribution in [2.24, 2.45) is 5.41 Å². The number of carbonyl (C=O) groups is 2. The number of anilines is 1. The lowest BCUT2D eigenvalue weighted by Gasteiger charge is -2.40. The quantitative estimate of drug-likeness (QED) is 0.895. The minimum absolute atomic E-state index is 0.0750. The summed E-state index contributed by atoms with van der Waals surface area (Å²) in [6.07, 6.45) is 7.80. The molecule has 1 aromatic rings. The molecule has 1 aromatic heterocycles. The first-order valence-corrected chi connectivity index (χ1v) is 8.73. The number of amides is 1. The van der Waals surface area contributed by atoms with Gasteiger partial charge in [0, 0.05) is 57.1 Å². The normalized spacial score (nSPS) is 19.7. The second-order valence-corrected chi connectivity index (χ2v) is 7.01. The third-order valence-electron chi connectivity index (χ3n) is 5.42. The van der Waals surface area contributed by atoms with Crippen molar-refractivity contribution in [2.45, 2.75) is 38.5 Å². The summed E-state index contributed by atoms with van der Waals surface area (Å²) in [6.45, 7) is 3.69. The van der Waals surface area contributed by atoms with Crippen molar-refractivity contribution >= 4 is 17.6 Å². The van der Waals surface area contributed by atoms with E-state index in [2.05, 4.69) is 9.88 Å². The standard InChI is InChI=1S/C18H25N3O3/c22-16(2-1-3-17(23)24)21-13-8-18(14-21)6-11-20(12-7-18)15-4-9-19-10-5-15/h4-5,9-10H,1-3,6-8,11-14H2,(H,23,24). The highest BCUT2D eigenvalue weighted by Gasteiger charge is 2.41. The van der Waals surface area contributed by atoms with Crippen LogP contribution in [0.5, 0.6) is 0 Å². The van der Waals surface area contributed by atoms with Gasteiger partial charge < -0.3 is 14.9 Å². The number of piperidine rings is 1. The third kappa shape index (κ3) is 3.86. The van der Waals surface area contributed by atoms with Gasteiger partial charge in [0.15, 0.2) is 0 Å². The van der Waals surface area contributed by atoms with E-state index >= 15 is 0 Å². The average Bonchev–Trinajstić information content (AvgIpc) is 3.00. The van der Waals surface area contributed by atoms with Gasteiger partial charge in [0.2, 0.25) is 5.91 Å². The van der Waals surface area contributed by atoms with Crippen LogP contribution in [-0.4, -0.2) is 53.0 Å². The van der Waals surface area contributed by atoms with Crippen molar-refractivity contribution in [3.63, 3.8) is 0 Å². The van der Waals surface area contributed by atoms with Gasteiger partial charge >= 0.3 is 5.97 Å². The fourth-order valence-electron chi connectivity index (χ4n) is 3.90. The zero-order valence-electron chi connectivity index (χ0n) is 14.0. The molecule has 2 aliphatic rings. The summed E-state index contributed by atoms with van der Waals surface area (Å²) in [5.41, 5.74) is 1.48. The molecule has 2 saturated heterocycles. The number of aliphatic carboxylic acids is 1. The molecule has 6 nitrogen and oxygen atoms in total. The van der Waals surface area contributed by atoms with Crippen molar-refractivity contribution in [2.75, 3.05) is 31.1 Å². The van der Waals surface area contributed by atoms with Crippen LogP contribution in [-0.2, 0) is 9.59 Å². The lowest BCUT2D eigenvalue weighted by molar-refractivity contribution is -0.137. The Hall–Kier alpha value is -2.11. The second-order valence-electron chi connectivity index (χ2n) is 7.01. The summed E-state index contributed by atoms with van der Waals surface area (Å²) < 4.78 is 0. The molecule has 0 saturated carbocycles. The second kappa shape index (κ2) is 7.20. The molecule has 1 spiro atoms. The SMILES string of the molecule is O=C(O)CCCC(=O)N1CCC2(CCN(c3ccncc3)CC2)C1. The van der Waals surface area contributed by atoms with Gasteiger partial charge in [-0.25, -0.2) is 0 Å². The first-order chi connectivity index (χ1) is 11.6. The lowest BCUT2D eigenvalue weighted by Crippen LogP contribution is -2.42. The summed E-state index contributed by atoms with van der Waals surface area (Å²) in [4.78, 5) is 31.2. The molecule has 6 heteroatoms. The van der Waals surface area contributed by atoms with E-state index in [9.17, 15) is 9.59 Å². The van der Waals surface area contributed by atoms with Crippen molar-refractivity contribution in [1.82, 2.24) is 9.88 Å². The van der Waals surface area contributed by atoms with Crippen molar-refractivity contribution in [1.29, 1.82) is 0 Å². The Kier molecular flexibility index (Phi) is 5.02. The maximum absolute atomic E-state index is 12.3. The van der Waals surface area contributed by atoms with Crippen LogP contribution in [0.2, 0.25) is 0 Å². The molecular formula is C18H25N3O3. The van der Waals surface area contributed by atoms with E-state index in [0.717, 1.165) is 45.4 Å². The summed E-state index contributed by atoms with van der Waals surface area (Å²) in [7, 11) is 0. The fourth-order valence-corrected chi connectivity index (χ4v) is 3.90. The highest BCUT2D eigenvalue weighted by Crippen LogP contribution is 2.41. The first kappa shape index (κ1) is 16.7. The van der Waals surface area contributed by atoms with E-state index in [1.54, 1.807) is 0 Å². The number of carbonyl (C=O) groups excluding carboxylic acids is 1. The summed E-state index contributed by atoms with van der Waals surface area (Å²) in [6, 6.07) is 4.09. The molecule has 24 heavy (non-hydrogen) atoms. The Morgan fingerprint density at radius 2 is 1.75 bits per heavy atom. The summed E-state index contributed by atoms with van der Waals surface area (Å²) in [5, 5.41) is 8.68. The number of likely N-dealkylation sites (tertiary alicyclic amines) is 1. The van der Waals surface area contributed by atoms with E-state index in [1.807, 2.05) is 29.4 Å². The molecule has 3 rings (SSSR count). The number of hydrogen-bond acceptors (Lipinski definition) is 4. The van der Waals surface area contributed by atoms with Gasteiger partial charge in [-0.15, -0.1) is 0 Å². The van der Waals surface area contributed by atoms with Crippen molar-refractivity contribution in [3.05, 3.63) is 24.5 Å². The number of nitrogens with zero attached hydrogens (tertiary/aromatic N) is 3. The van der Waals surface area contributed by atoms with E-state index in [4.69, 9.17) is 5.11 Å². The minimum Gasteiger partial charge on any atom is -0.481 e. The Morgan fingerprint density at radius 1 is 1.08 bits per heavy atom. The number of carboxylic acids is 1. The molecule has 0 radical (unpaired) electrons. The molecule has 1 amide bonds. The van der Waals surface area contributed by atoms with Crippen molar-refractivity contribution in [3.8, 4) is 0 Å². The molecule has 0 aliphatic carbocycles. The molecule has 2 aliphatic heterocycles. The number of pyridine rings is 1. The van der Waals surface area contributed by atoms with Gasteiger partial charge in [0.05, 0.1) is 0 Å². The summed E-state index contributed by atoms with van der Waals surface area (Å²) >= 11 is 0. The van der Waals surface area contributed by atoms with E-state index < -0.39 is 5.97 Å². The highest BCUT2D eigenvalue weighted by molar-refractivity contribution is 5.77. The number of carboxylic acid groups (broad SMARTS) is 1. The van der Waals surface area contributed by atoms with Gasteiger partial charge in [0.1, 0.15) is 0 Å². The van der Waals surface area contributed by atoms with E-state index in [-0.39, 0.29) is 17.7 Å². The molecule has 3 heterocycles. The molecule has 0 aromatic carbocycles. The first-order valence-electron chi connectivity index (χ1n) is 8.73. The van der Waals surface area contributed by atoms with Gasteiger partial charge in [-0.3, -0.25) is 14.6 Å². The topological polar surface area (TPSA) is 73.7 Å². The molecule has 2 fully saturated rings. The van der Waals surface area contributed by atoms with Crippen LogP contribution >= 0.6 is 0 Å². The molecule has 1 N–H and O–H groups in total. The third-order valence-corrected chi connectivity index (χ3v) is 5.42.